The summed E-state index contributed by atoms with van der Waals surface area (Å²) in [7, 11) is 0. The summed E-state index contributed by atoms with van der Waals surface area (Å²) < 4.78 is 4.48. The van der Waals surface area contributed by atoms with E-state index in [9.17, 15) is 14.7 Å². The molecular formula is C11H11NO4. The molecule has 0 aliphatic rings. The van der Waals surface area contributed by atoms with Crippen LogP contribution in [0.25, 0.3) is 5.76 Å². The molecule has 1 rings (SSSR count). The largest absolute Gasteiger partial charge is 0.507 e. The summed E-state index contributed by atoms with van der Waals surface area (Å²) >= 11 is 0. The Labute approximate surface area is 92.4 Å². The Morgan fingerprint density at radius 3 is 2.88 bits per heavy atom. The summed E-state index contributed by atoms with van der Waals surface area (Å²) in [5, 5.41) is 9.50. The lowest BCUT2D eigenvalue weighted by molar-refractivity contribution is -0.151. The second kappa shape index (κ2) is 5.65. The number of pyridine rings is 1. The Bertz CT molecular complexity index is 411. The van der Waals surface area contributed by atoms with Crippen LogP contribution in [0.2, 0.25) is 0 Å². The van der Waals surface area contributed by atoms with Crippen molar-refractivity contribution in [3.63, 3.8) is 0 Å². The first-order chi connectivity index (χ1) is 7.65. The average Bonchev–Trinajstić information content (AvgIpc) is 2.30. The van der Waals surface area contributed by atoms with Gasteiger partial charge in [0.2, 0.25) is 0 Å². The number of ketones is 1. The maximum absolute atomic E-state index is 11.2. The lowest BCUT2D eigenvalue weighted by Gasteiger charge is -1.99. The number of rotatable bonds is 4. The quantitative estimate of drug-likeness (QED) is 0.356. The Balaban J connectivity index is 2.78. The number of aromatic nitrogens is 1. The number of carbonyl (C=O) groups is 2. The number of nitrogens with zero attached hydrogens (tertiary/aromatic N) is 1. The van der Waals surface area contributed by atoms with Crippen molar-refractivity contribution in [2.75, 3.05) is 6.61 Å². The maximum Gasteiger partial charge on any atom is 0.379 e. The molecule has 1 N–H and O–H groups in total. The van der Waals surface area contributed by atoms with Crippen LogP contribution >= 0.6 is 0 Å². The van der Waals surface area contributed by atoms with Crippen LogP contribution in [0.15, 0.2) is 30.6 Å². The molecule has 1 aromatic rings. The molecule has 0 amide bonds. The molecule has 0 bridgehead atoms. The monoisotopic (exact) mass is 221 g/mol. The van der Waals surface area contributed by atoms with Gasteiger partial charge in [0.25, 0.3) is 5.78 Å². The fourth-order valence-corrected chi connectivity index (χ4v) is 0.983. The Morgan fingerprint density at radius 1 is 1.56 bits per heavy atom. The van der Waals surface area contributed by atoms with Crippen molar-refractivity contribution in [1.29, 1.82) is 0 Å². The predicted octanol–water partition coefficient (Wildman–Crippen LogP) is 1.11. The van der Waals surface area contributed by atoms with Gasteiger partial charge in [-0.1, -0.05) is 0 Å². The van der Waals surface area contributed by atoms with Gasteiger partial charge < -0.3 is 9.84 Å². The van der Waals surface area contributed by atoms with Crippen molar-refractivity contribution in [2.45, 2.75) is 6.92 Å². The highest BCUT2D eigenvalue weighted by Crippen LogP contribution is 2.08. The molecule has 0 aliphatic carbocycles. The zero-order chi connectivity index (χ0) is 12.0. The molecule has 5 nitrogen and oxygen atoms in total. The van der Waals surface area contributed by atoms with Crippen LogP contribution in [-0.2, 0) is 14.3 Å². The third kappa shape index (κ3) is 3.20. The normalized spacial score (nSPS) is 10.9. The zero-order valence-corrected chi connectivity index (χ0v) is 8.71. The van der Waals surface area contributed by atoms with Crippen molar-refractivity contribution < 1.29 is 19.4 Å². The molecule has 16 heavy (non-hydrogen) atoms. The van der Waals surface area contributed by atoms with Crippen molar-refractivity contribution >= 4 is 17.5 Å². The number of aliphatic hydroxyl groups excluding tert-OH is 1. The lowest BCUT2D eigenvalue weighted by Crippen LogP contribution is -2.15. The van der Waals surface area contributed by atoms with E-state index in [1.54, 1.807) is 19.1 Å². The summed E-state index contributed by atoms with van der Waals surface area (Å²) in [5.74, 6) is -2.20. The van der Waals surface area contributed by atoms with E-state index in [4.69, 9.17) is 0 Å². The molecule has 0 aliphatic heterocycles. The van der Waals surface area contributed by atoms with Gasteiger partial charge in [0.1, 0.15) is 5.76 Å². The molecule has 1 heterocycles. The summed E-state index contributed by atoms with van der Waals surface area (Å²) in [4.78, 5) is 25.9. The first-order valence-corrected chi connectivity index (χ1v) is 4.67. The minimum atomic E-state index is -0.988. The Morgan fingerprint density at radius 2 is 2.31 bits per heavy atom. The molecule has 0 unspecified atom stereocenters. The van der Waals surface area contributed by atoms with E-state index in [1.165, 1.54) is 12.4 Å². The second-order valence-electron chi connectivity index (χ2n) is 2.86. The van der Waals surface area contributed by atoms with Crippen LogP contribution in [0.3, 0.4) is 0 Å². The van der Waals surface area contributed by atoms with Crippen LogP contribution in [0.4, 0.5) is 0 Å². The number of esters is 1. The van der Waals surface area contributed by atoms with E-state index in [0.717, 1.165) is 6.08 Å². The number of carbonyl (C=O) groups excluding carboxylic acids is 2. The van der Waals surface area contributed by atoms with Gasteiger partial charge >= 0.3 is 5.97 Å². The maximum atomic E-state index is 11.2. The third-order valence-electron chi connectivity index (χ3n) is 1.70. The van der Waals surface area contributed by atoms with E-state index in [0.29, 0.717) is 5.56 Å². The second-order valence-corrected chi connectivity index (χ2v) is 2.86. The average molecular weight is 221 g/mol. The molecular weight excluding hydrogens is 210 g/mol. The van der Waals surface area contributed by atoms with Gasteiger partial charge in [-0.05, 0) is 19.1 Å². The molecule has 0 radical (unpaired) electrons. The van der Waals surface area contributed by atoms with Crippen LogP contribution < -0.4 is 0 Å². The highest BCUT2D eigenvalue weighted by Gasteiger charge is 2.13. The van der Waals surface area contributed by atoms with E-state index in [2.05, 4.69) is 9.72 Å². The number of hydrogen-bond donors (Lipinski definition) is 1. The summed E-state index contributed by atoms with van der Waals surface area (Å²) in [6, 6.07) is 3.17. The highest BCUT2D eigenvalue weighted by molar-refractivity contribution is 6.39. The lowest BCUT2D eigenvalue weighted by atomic mass is 10.2. The molecule has 84 valence electrons. The Kier molecular flexibility index (Phi) is 4.20. The number of aliphatic hydroxyl groups is 1. The van der Waals surface area contributed by atoms with Gasteiger partial charge in [-0.15, -0.1) is 0 Å². The molecule has 0 spiro atoms. The van der Waals surface area contributed by atoms with Crippen LogP contribution in [0.5, 0.6) is 0 Å². The number of hydrogen-bond acceptors (Lipinski definition) is 5. The minimum Gasteiger partial charge on any atom is -0.507 e. The summed E-state index contributed by atoms with van der Waals surface area (Å²) in [6.45, 7) is 1.71. The van der Waals surface area contributed by atoms with Crippen molar-refractivity contribution in [2.24, 2.45) is 0 Å². The molecule has 0 aromatic carbocycles. The van der Waals surface area contributed by atoms with Crippen molar-refractivity contribution in [1.82, 2.24) is 4.98 Å². The van der Waals surface area contributed by atoms with Crippen molar-refractivity contribution in [3.8, 4) is 0 Å². The fraction of sp³-hybridized carbons (Fsp3) is 0.182. The minimum absolute atomic E-state index is 0.117. The van der Waals surface area contributed by atoms with Gasteiger partial charge in [-0.25, -0.2) is 4.79 Å². The molecule has 0 saturated heterocycles. The highest BCUT2D eigenvalue weighted by atomic mass is 16.5. The van der Waals surface area contributed by atoms with E-state index >= 15 is 0 Å². The van der Waals surface area contributed by atoms with Gasteiger partial charge in [-0.2, -0.15) is 0 Å². The summed E-state index contributed by atoms with van der Waals surface area (Å²) in [5.41, 5.74) is 0.361. The molecule has 0 fully saturated rings. The van der Waals surface area contributed by atoms with E-state index in [1.807, 2.05) is 0 Å². The molecule has 0 saturated carbocycles. The van der Waals surface area contributed by atoms with Crippen LogP contribution in [0, 0.1) is 0 Å². The van der Waals surface area contributed by atoms with Gasteiger partial charge in [0.05, 0.1) is 6.61 Å². The van der Waals surface area contributed by atoms with Crippen LogP contribution in [-0.4, -0.2) is 28.4 Å². The summed E-state index contributed by atoms with van der Waals surface area (Å²) in [6.07, 6.45) is 3.73. The van der Waals surface area contributed by atoms with Gasteiger partial charge in [0, 0.05) is 24.0 Å². The third-order valence-corrected chi connectivity index (χ3v) is 1.70. The first-order valence-electron chi connectivity index (χ1n) is 4.67. The van der Waals surface area contributed by atoms with E-state index in [-0.39, 0.29) is 12.4 Å². The first kappa shape index (κ1) is 11.9. The molecule has 5 heteroatoms. The van der Waals surface area contributed by atoms with E-state index < -0.39 is 11.8 Å². The molecule has 1 aromatic heterocycles. The standard InChI is InChI=1S/C11H11NO4/c1-2-16-11(15)10(14)6-9(13)8-4-3-5-12-7-8/h3-7,13H,2H2,1H3/b9-6+. The topological polar surface area (TPSA) is 76.5 Å². The smallest absolute Gasteiger partial charge is 0.379 e. The van der Waals surface area contributed by atoms with Crippen molar-refractivity contribution in [3.05, 3.63) is 36.2 Å². The van der Waals surface area contributed by atoms with Crippen LogP contribution in [0.1, 0.15) is 12.5 Å². The van der Waals surface area contributed by atoms with Gasteiger partial charge in [0.15, 0.2) is 0 Å². The SMILES string of the molecule is CCOC(=O)C(=O)/C=C(/O)c1cccnc1. The fourth-order valence-electron chi connectivity index (χ4n) is 0.983. The Hall–Kier alpha value is -2.17. The predicted molar refractivity (Wildman–Crippen MR) is 56.5 cm³/mol. The molecule has 0 atom stereocenters. The van der Waals surface area contributed by atoms with Gasteiger partial charge in [-0.3, -0.25) is 9.78 Å². The zero-order valence-electron chi connectivity index (χ0n) is 8.71. The number of ether oxygens (including phenoxy) is 1.